The van der Waals surface area contributed by atoms with Crippen molar-refractivity contribution in [1.29, 1.82) is 0 Å². The first-order valence-corrected chi connectivity index (χ1v) is 10.4. The smallest absolute Gasteiger partial charge is 0.255 e. The van der Waals surface area contributed by atoms with Gasteiger partial charge in [0.2, 0.25) is 0 Å². The summed E-state index contributed by atoms with van der Waals surface area (Å²) < 4.78 is 22.9. The van der Waals surface area contributed by atoms with E-state index in [-0.39, 0.29) is 5.91 Å². The summed E-state index contributed by atoms with van der Waals surface area (Å²) in [6.07, 6.45) is 2.43. The first-order valence-electron chi connectivity index (χ1n) is 10.4. The van der Waals surface area contributed by atoms with E-state index < -0.39 is 0 Å². The predicted molar refractivity (Wildman–Crippen MR) is 122 cm³/mol. The zero-order valence-electron chi connectivity index (χ0n) is 18.7. The van der Waals surface area contributed by atoms with Gasteiger partial charge in [-0.05, 0) is 30.7 Å². The average Bonchev–Trinajstić information content (AvgIpc) is 3.29. The molecule has 0 aliphatic heterocycles. The van der Waals surface area contributed by atoms with E-state index >= 15 is 0 Å². The molecule has 0 saturated carbocycles. The highest BCUT2D eigenvalue weighted by atomic mass is 16.5. The number of benzene rings is 2. The highest BCUT2D eigenvalue weighted by Crippen LogP contribution is 2.34. The second kappa shape index (κ2) is 11.9. The Morgan fingerprint density at radius 3 is 2.53 bits per heavy atom. The first kappa shape index (κ1) is 23.3. The molecular weight excluding hydrogens is 410 g/mol. The van der Waals surface area contributed by atoms with Crippen LogP contribution in [0.1, 0.15) is 16.8 Å². The van der Waals surface area contributed by atoms with Crippen LogP contribution in [0, 0.1) is 0 Å². The van der Waals surface area contributed by atoms with Crippen LogP contribution in [0.3, 0.4) is 0 Å². The number of hydrogen-bond acceptors (Lipinski definition) is 6. The zero-order valence-corrected chi connectivity index (χ0v) is 18.7. The number of para-hydroxylation sites is 1. The molecule has 1 amide bonds. The second-order valence-corrected chi connectivity index (χ2v) is 6.95. The summed E-state index contributed by atoms with van der Waals surface area (Å²) in [6, 6.07) is 15.1. The fourth-order valence-corrected chi connectivity index (χ4v) is 3.16. The van der Waals surface area contributed by atoms with Gasteiger partial charge in [-0.25, -0.2) is 4.68 Å². The normalized spacial score (nSPS) is 10.7. The molecule has 0 bridgehead atoms. The van der Waals surface area contributed by atoms with Crippen LogP contribution in [-0.4, -0.2) is 63.4 Å². The summed E-state index contributed by atoms with van der Waals surface area (Å²) in [5.74, 6) is 1.02. The van der Waals surface area contributed by atoms with Crippen LogP contribution in [-0.2, 0) is 9.47 Å². The van der Waals surface area contributed by atoms with Crippen molar-refractivity contribution in [1.82, 2.24) is 15.1 Å². The lowest BCUT2D eigenvalue weighted by Gasteiger charge is -2.10. The lowest BCUT2D eigenvalue weighted by atomic mass is 10.1. The monoisotopic (exact) mass is 439 g/mol. The Morgan fingerprint density at radius 2 is 1.81 bits per heavy atom. The van der Waals surface area contributed by atoms with Gasteiger partial charge in [0.15, 0.2) is 0 Å². The summed E-state index contributed by atoms with van der Waals surface area (Å²) in [6.45, 7) is 2.13. The number of carbonyl (C=O) groups excluding carboxylic acids is 1. The van der Waals surface area contributed by atoms with E-state index in [1.165, 1.54) is 0 Å². The average molecular weight is 440 g/mol. The highest BCUT2D eigenvalue weighted by Gasteiger charge is 2.21. The standard InChI is InChI=1S/C24H29N3O5/c1-29-14-15-32-13-7-12-25-24(28)21-17-27(18-8-5-4-6-9-18)26-23(21)20-11-10-19(30-2)16-22(20)31-3/h4-6,8-11,16-17H,7,12-15H2,1-3H3,(H,25,28). The SMILES string of the molecule is COCCOCCCNC(=O)c1cn(-c2ccccc2)nc1-c1ccc(OC)cc1OC. The Hall–Kier alpha value is -3.36. The molecule has 1 heterocycles. The molecule has 0 atom stereocenters. The fraction of sp³-hybridized carbons (Fsp3) is 0.333. The molecular formula is C24H29N3O5. The third-order valence-corrected chi connectivity index (χ3v) is 4.83. The third-order valence-electron chi connectivity index (χ3n) is 4.83. The van der Waals surface area contributed by atoms with Crippen LogP contribution in [0.2, 0.25) is 0 Å². The molecule has 8 heteroatoms. The molecule has 3 aromatic rings. The van der Waals surface area contributed by atoms with Gasteiger partial charge in [-0.1, -0.05) is 18.2 Å². The van der Waals surface area contributed by atoms with Crippen molar-refractivity contribution >= 4 is 5.91 Å². The van der Waals surface area contributed by atoms with Crippen molar-refractivity contribution in [2.45, 2.75) is 6.42 Å². The van der Waals surface area contributed by atoms with Gasteiger partial charge in [-0.2, -0.15) is 5.10 Å². The number of aromatic nitrogens is 2. The molecule has 0 spiro atoms. The molecule has 170 valence electrons. The van der Waals surface area contributed by atoms with E-state index in [2.05, 4.69) is 5.32 Å². The van der Waals surface area contributed by atoms with Crippen molar-refractivity contribution in [3.8, 4) is 28.4 Å². The van der Waals surface area contributed by atoms with E-state index in [0.717, 1.165) is 5.69 Å². The Morgan fingerprint density at radius 1 is 1.00 bits per heavy atom. The molecule has 3 rings (SSSR count). The van der Waals surface area contributed by atoms with Gasteiger partial charge in [0.1, 0.15) is 17.2 Å². The van der Waals surface area contributed by atoms with Gasteiger partial charge in [-0.15, -0.1) is 0 Å². The van der Waals surface area contributed by atoms with E-state index in [4.69, 9.17) is 24.0 Å². The molecule has 0 aliphatic rings. The molecule has 2 aromatic carbocycles. The second-order valence-electron chi connectivity index (χ2n) is 6.95. The maximum atomic E-state index is 13.1. The molecule has 0 fully saturated rings. The van der Waals surface area contributed by atoms with Crippen molar-refractivity contribution in [3.63, 3.8) is 0 Å². The van der Waals surface area contributed by atoms with E-state index in [1.54, 1.807) is 38.3 Å². The Kier molecular flexibility index (Phi) is 8.65. The number of nitrogens with zero attached hydrogens (tertiary/aromatic N) is 2. The summed E-state index contributed by atoms with van der Waals surface area (Å²) in [5, 5.41) is 7.67. The van der Waals surface area contributed by atoms with Gasteiger partial charge in [0.25, 0.3) is 5.91 Å². The minimum absolute atomic E-state index is 0.211. The van der Waals surface area contributed by atoms with Gasteiger partial charge in [-0.3, -0.25) is 4.79 Å². The van der Waals surface area contributed by atoms with Crippen LogP contribution in [0.25, 0.3) is 16.9 Å². The van der Waals surface area contributed by atoms with E-state index in [1.807, 2.05) is 42.5 Å². The molecule has 0 saturated heterocycles. The Bertz CT molecular complexity index is 1000. The number of carbonyl (C=O) groups is 1. The molecule has 32 heavy (non-hydrogen) atoms. The highest BCUT2D eigenvalue weighted by molar-refractivity contribution is 6.00. The predicted octanol–water partition coefficient (Wildman–Crippen LogP) is 3.34. The van der Waals surface area contributed by atoms with Crippen LogP contribution >= 0.6 is 0 Å². The summed E-state index contributed by atoms with van der Waals surface area (Å²) >= 11 is 0. The summed E-state index contributed by atoms with van der Waals surface area (Å²) in [4.78, 5) is 13.1. The molecule has 1 N–H and O–H groups in total. The maximum absolute atomic E-state index is 13.1. The largest absolute Gasteiger partial charge is 0.497 e. The molecule has 8 nitrogen and oxygen atoms in total. The number of hydrogen-bond donors (Lipinski definition) is 1. The quantitative estimate of drug-likeness (QED) is 0.436. The first-order chi connectivity index (χ1) is 15.7. The number of nitrogens with one attached hydrogen (secondary N) is 1. The van der Waals surface area contributed by atoms with Crippen LogP contribution in [0.15, 0.2) is 54.7 Å². The number of methoxy groups -OCH3 is 3. The number of ether oxygens (including phenoxy) is 4. The molecule has 0 aliphatic carbocycles. The Labute approximate surface area is 188 Å². The fourth-order valence-electron chi connectivity index (χ4n) is 3.16. The van der Waals surface area contributed by atoms with Crippen LogP contribution < -0.4 is 14.8 Å². The Balaban J connectivity index is 1.84. The summed E-state index contributed by atoms with van der Waals surface area (Å²) in [7, 11) is 4.81. The van der Waals surface area contributed by atoms with E-state index in [0.29, 0.717) is 61.1 Å². The lowest BCUT2D eigenvalue weighted by Crippen LogP contribution is -2.25. The molecule has 0 unspecified atom stereocenters. The van der Waals surface area contributed by atoms with Crippen molar-refractivity contribution in [2.75, 3.05) is 47.7 Å². The van der Waals surface area contributed by atoms with Gasteiger partial charge >= 0.3 is 0 Å². The summed E-state index contributed by atoms with van der Waals surface area (Å²) in [5.41, 5.74) is 2.54. The number of rotatable bonds is 12. The lowest BCUT2D eigenvalue weighted by molar-refractivity contribution is 0.0688. The van der Waals surface area contributed by atoms with Crippen molar-refractivity contribution in [2.24, 2.45) is 0 Å². The van der Waals surface area contributed by atoms with Crippen molar-refractivity contribution < 1.29 is 23.7 Å². The van der Waals surface area contributed by atoms with Crippen LogP contribution in [0.4, 0.5) is 0 Å². The molecule has 0 radical (unpaired) electrons. The van der Waals surface area contributed by atoms with Gasteiger partial charge in [0, 0.05) is 38.1 Å². The third kappa shape index (κ3) is 5.87. The minimum atomic E-state index is -0.211. The molecule has 1 aromatic heterocycles. The van der Waals surface area contributed by atoms with Gasteiger partial charge < -0.3 is 24.3 Å². The van der Waals surface area contributed by atoms with Crippen molar-refractivity contribution in [3.05, 3.63) is 60.3 Å². The zero-order chi connectivity index (χ0) is 22.8. The van der Waals surface area contributed by atoms with E-state index in [9.17, 15) is 4.79 Å². The maximum Gasteiger partial charge on any atom is 0.255 e. The minimum Gasteiger partial charge on any atom is -0.497 e. The van der Waals surface area contributed by atoms with Gasteiger partial charge in [0.05, 0.1) is 38.7 Å². The van der Waals surface area contributed by atoms with Crippen LogP contribution in [0.5, 0.6) is 11.5 Å². The number of amides is 1. The topological polar surface area (TPSA) is 83.8 Å².